The molecule has 2 aliphatic heterocycles. The topological polar surface area (TPSA) is 48.0 Å². The number of carbonyl (C=O) groups excluding carboxylic acids is 1. The van der Waals surface area contributed by atoms with E-state index in [0.717, 1.165) is 37.3 Å². The number of carbonyl (C=O) groups is 1. The maximum atomic E-state index is 15.7. The minimum atomic E-state index is -4.83. The van der Waals surface area contributed by atoms with Crippen molar-refractivity contribution in [3.8, 4) is 11.5 Å². The molecule has 0 N–H and O–H groups in total. The molecule has 5 nitrogen and oxygen atoms in total. The number of hydrogen-bond acceptors (Lipinski definition) is 5. The first-order chi connectivity index (χ1) is 18.2. The fraction of sp³-hybridized carbons (Fsp3) is 0.552. The normalized spacial score (nSPS) is 23.5. The molecule has 2 saturated heterocycles. The number of benzene rings is 2. The van der Waals surface area contributed by atoms with Gasteiger partial charge in [-0.1, -0.05) is 17.7 Å². The van der Waals surface area contributed by atoms with Gasteiger partial charge in [0.15, 0.2) is 0 Å². The van der Waals surface area contributed by atoms with Gasteiger partial charge >= 0.3 is 12.3 Å². The smallest absolute Gasteiger partial charge is 0.490 e. The van der Waals surface area contributed by atoms with E-state index in [1.54, 1.807) is 26.8 Å². The van der Waals surface area contributed by atoms with E-state index in [9.17, 15) is 18.0 Å². The summed E-state index contributed by atoms with van der Waals surface area (Å²) in [7, 11) is 0. The number of piperidine rings is 1. The summed E-state index contributed by atoms with van der Waals surface area (Å²) < 4.78 is 69.3. The van der Waals surface area contributed by atoms with Crippen molar-refractivity contribution in [1.29, 1.82) is 0 Å². The number of rotatable bonds is 7. The highest BCUT2D eigenvalue weighted by atomic mass is 35.5. The highest BCUT2D eigenvalue weighted by Gasteiger charge is 2.42. The standard InChI is InChI=1S/C29H32ClF4NO4/c1-28(2,3)39-27(36)25-9-17(16-4-5-16)8-18(26(25)31)15-35-20-6-7-21(35)13-23(12-20)37-22-10-19(30)11-24(14-22)38-29(32,33)34/h8-11,14,16,20-21,23H,4-7,12-13,15H2,1-3H3. The van der Waals surface area contributed by atoms with E-state index in [2.05, 4.69) is 9.64 Å². The molecule has 2 bridgehead atoms. The average molecular weight is 570 g/mol. The van der Waals surface area contributed by atoms with Crippen LogP contribution in [0.3, 0.4) is 0 Å². The van der Waals surface area contributed by atoms with Crippen molar-refractivity contribution in [2.75, 3.05) is 0 Å². The molecule has 39 heavy (non-hydrogen) atoms. The van der Waals surface area contributed by atoms with Crippen LogP contribution in [0, 0.1) is 5.82 Å². The highest BCUT2D eigenvalue weighted by Crippen LogP contribution is 2.43. The third kappa shape index (κ3) is 6.98. The van der Waals surface area contributed by atoms with Gasteiger partial charge in [0.05, 0.1) is 5.56 Å². The monoisotopic (exact) mass is 569 g/mol. The second-order valence-corrected chi connectivity index (χ2v) is 12.2. The molecule has 212 valence electrons. The van der Waals surface area contributed by atoms with Crippen molar-refractivity contribution in [3.63, 3.8) is 0 Å². The van der Waals surface area contributed by atoms with Gasteiger partial charge < -0.3 is 14.2 Å². The van der Waals surface area contributed by atoms with E-state index >= 15 is 4.39 Å². The summed E-state index contributed by atoms with van der Waals surface area (Å²) in [5.74, 6) is -1.08. The summed E-state index contributed by atoms with van der Waals surface area (Å²) in [4.78, 5) is 15.1. The van der Waals surface area contributed by atoms with Gasteiger partial charge in [0.25, 0.3) is 0 Å². The molecule has 3 fully saturated rings. The van der Waals surface area contributed by atoms with E-state index < -0.39 is 29.5 Å². The number of esters is 1. The molecule has 2 unspecified atom stereocenters. The SMILES string of the molecule is CC(C)(C)OC(=O)c1cc(C2CC2)cc(CN2C3CCC2CC(Oc2cc(Cl)cc(OC(F)(F)F)c2)C3)c1F. The van der Waals surface area contributed by atoms with Crippen LogP contribution in [-0.4, -0.2) is 41.0 Å². The quantitative estimate of drug-likeness (QED) is 0.252. The lowest BCUT2D eigenvalue weighted by atomic mass is 9.96. The van der Waals surface area contributed by atoms with Crippen LogP contribution >= 0.6 is 11.6 Å². The first kappa shape index (κ1) is 28.0. The van der Waals surface area contributed by atoms with Crippen LogP contribution in [0.25, 0.3) is 0 Å². The van der Waals surface area contributed by atoms with Gasteiger partial charge in [-0.15, -0.1) is 13.2 Å². The lowest BCUT2D eigenvalue weighted by Gasteiger charge is -2.39. The van der Waals surface area contributed by atoms with Gasteiger partial charge in [-0.05, 0) is 89.0 Å². The van der Waals surface area contributed by atoms with Crippen LogP contribution in [0.5, 0.6) is 11.5 Å². The Morgan fingerprint density at radius 2 is 1.62 bits per heavy atom. The zero-order valence-corrected chi connectivity index (χ0v) is 22.9. The third-order valence-electron chi connectivity index (χ3n) is 7.41. The molecule has 2 heterocycles. The van der Waals surface area contributed by atoms with Crippen LogP contribution in [0.15, 0.2) is 30.3 Å². The fourth-order valence-electron chi connectivity index (χ4n) is 5.72. The van der Waals surface area contributed by atoms with E-state index in [0.29, 0.717) is 30.9 Å². The first-order valence-corrected chi connectivity index (χ1v) is 13.7. The largest absolute Gasteiger partial charge is 0.573 e. The van der Waals surface area contributed by atoms with E-state index in [1.165, 1.54) is 12.1 Å². The lowest BCUT2D eigenvalue weighted by molar-refractivity contribution is -0.274. The second-order valence-electron chi connectivity index (χ2n) is 11.8. The molecule has 0 radical (unpaired) electrons. The van der Waals surface area contributed by atoms with Crippen molar-refractivity contribution in [1.82, 2.24) is 4.90 Å². The Labute approximate surface area is 230 Å². The van der Waals surface area contributed by atoms with Gasteiger partial charge in [-0.3, -0.25) is 4.90 Å². The second kappa shape index (κ2) is 10.5. The maximum Gasteiger partial charge on any atom is 0.573 e. The minimum Gasteiger partial charge on any atom is -0.490 e. The molecular weight excluding hydrogens is 538 g/mol. The van der Waals surface area contributed by atoms with Crippen molar-refractivity contribution < 1.29 is 36.6 Å². The zero-order chi connectivity index (χ0) is 28.1. The zero-order valence-electron chi connectivity index (χ0n) is 22.1. The van der Waals surface area contributed by atoms with Gasteiger partial charge in [-0.25, -0.2) is 9.18 Å². The Morgan fingerprint density at radius 3 is 2.21 bits per heavy atom. The highest BCUT2D eigenvalue weighted by molar-refractivity contribution is 6.30. The van der Waals surface area contributed by atoms with Gasteiger partial charge in [-0.2, -0.15) is 0 Å². The van der Waals surface area contributed by atoms with Gasteiger partial charge in [0.1, 0.15) is 29.0 Å². The van der Waals surface area contributed by atoms with Gasteiger partial charge in [0, 0.05) is 35.3 Å². The molecule has 10 heteroatoms. The summed E-state index contributed by atoms with van der Waals surface area (Å²) in [5.41, 5.74) is 0.701. The van der Waals surface area contributed by atoms with Crippen LogP contribution < -0.4 is 9.47 Å². The van der Waals surface area contributed by atoms with E-state index in [-0.39, 0.29) is 34.5 Å². The minimum absolute atomic E-state index is 0.0206. The van der Waals surface area contributed by atoms with Crippen molar-refractivity contribution in [2.45, 2.75) is 102 Å². The molecule has 5 rings (SSSR count). The summed E-state index contributed by atoms with van der Waals surface area (Å²) in [6.07, 6.45) is 0.0789. The van der Waals surface area contributed by atoms with Crippen molar-refractivity contribution >= 4 is 17.6 Å². The Hall–Kier alpha value is -2.52. The summed E-state index contributed by atoms with van der Waals surface area (Å²) in [6.45, 7) is 5.63. The fourth-order valence-corrected chi connectivity index (χ4v) is 5.94. The Kier molecular flexibility index (Phi) is 7.52. The molecule has 1 aliphatic carbocycles. The Balaban J connectivity index is 1.31. The first-order valence-electron chi connectivity index (χ1n) is 13.3. The number of ether oxygens (including phenoxy) is 3. The molecule has 0 aromatic heterocycles. The molecule has 2 aromatic rings. The average Bonchev–Trinajstić information content (AvgIpc) is 3.59. The summed E-state index contributed by atoms with van der Waals surface area (Å²) in [6, 6.07) is 7.50. The Morgan fingerprint density at radius 1 is 0.974 bits per heavy atom. The molecular formula is C29H32ClF4NO4. The molecule has 0 spiro atoms. The van der Waals surface area contributed by atoms with E-state index in [1.807, 2.05) is 6.07 Å². The summed E-state index contributed by atoms with van der Waals surface area (Å²) in [5, 5.41) is 0.0824. The molecule has 0 amide bonds. The lowest BCUT2D eigenvalue weighted by Crippen LogP contribution is -2.46. The molecule has 3 aliphatic rings. The van der Waals surface area contributed by atoms with Crippen molar-refractivity contribution in [3.05, 3.63) is 57.9 Å². The molecule has 2 aromatic carbocycles. The maximum absolute atomic E-state index is 15.7. The number of fused-ring (bicyclic) bond motifs is 2. The van der Waals surface area contributed by atoms with E-state index in [4.69, 9.17) is 21.1 Å². The van der Waals surface area contributed by atoms with Crippen LogP contribution in [0.4, 0.5) is 17.6 Å². The van der Waals surface area contributed by atoms with Crippen LogP contribution in [0.1, 0.15) is 86.7 Å². The number of halogens is 5. The number of hydrogen-bond donors (Lipinski definition) is 0. The van der Waals surface area contributed by atoms with Crippen LogP contribution in [-0.2, 0) is 11.3 Å². The predicted octanol–water partition coefficient (Wildman–Crippen LogP) is 7.78. The number of nitrogens with zero attached hydrogens (tertiary/aromatic N) is 1. The summed E-state index contributed by atoms with van der Waals surface area (Å²) >= 11 is 6.00. The Bertz CT molecular complexity index is 1230. The molecule has 1 saturated carbocycles. The predicted molar refractivity (Wildman–Crippen MR) is 138 cm³/mol. The van der Waals surface area contributed by atoms with Crippen LogP contribution in [0.2, 0.25) is 5.02 Å². The third-order valence-corrected chi connectivity index (χ3v) is 7.63. The number of alkyl halides is 3. The molecule has 2 atom stereocenters. The van der Waals surface area contributed by atoms with Gasteiger partial charge in [0.2, 0.25) is 0 Å². The van der Waals surface area contributed by atoms with Crippen molar-refractivity contribution in [2.24, 2.45) is 0 Å².